The minimum Gasteiger partial charge on any atom is -0.484 e. The summed E-state index contributed by atoms with van der Waals surface area (Å²) in [4.78, 5) is 36.6. The molecule has 0 fully saturated rings. The molecular weight excluding hydrogens is 346 g/mol. The van der Waals surface area contributed by atoms with Crippen molar-refractivity contribution in [2.75, 3.05) is 6.61 Å². The Morgan fingerprint density at radius 1 is 1.42 bits per heavy atom. The van der Waals surface area contributed by atoms with Crippen LogP contribution in [0.15, 0.2) is 12.1 Å². The molecule has 0 bridgehead atoms. The summed E-state index contributed by atoms with van der Waals surface area (Å²) < 4.78 is 10.2. The Morgan fingerprint density at radius 2 is 2.04 bits per heavy atom. The van der Waals surface area contributed by atoms with Gasteiger partial charge in [0.1, 0.15) is 12.2 Å². The molecule has 10 heteroatoms. The Morgan fingerprint density at radius 3 is 2.50 bits per heavy atom. The van der Waals surface area contributed by atoms with E-state index in [1.54, 1.807) is 27.7 Å². The zero-order chi connectivity index (χ0) is 20.1. The van der Waals surface area contributed by atoms with Crippen molar-refractivity contribution in [3.05, 3.63) is 39.2 Å². The van der Waals surface area contributed by atoms with Crippen molar-refractivity contribution in [1.29, 1.82) is 0 Å². The van der Waals surface area contributed by atoms with E-state index in [2.05, 4.69) is 10.2 Å². The molecule has 0 radical (unpaired) electrons. The highest BCUT2D eigenvalue weighted by molar-refractivity contribution is 5.80. The fourth-order valence-corrected chi connectivity index (χ4v) is 1.84. The topological polar surface area (TPSA) is 132 Å². The van der Waals surface area contributed by atoms with E-state index in [-0.39, 0.29) is 11.4 Å². The number of alkyl carbamates (subject to hydrolysis) is 1. The van der Waals surface area contributed by atoms with Crippen LogP contribution in [0, 0.1) is 23.6 Å². The summed E-state index contributed by atoms with van der Waals surface area (Å²) in [7, 11) is 0. The molecule has 1 rings (SSSR count). The third-order valence-corrected chi connectivity index (χ3v) is 2.99. The SMILES string of the molecule is [C-]#[N+]c1cc([N+](=O)[O-])c(OC[C@H](NC(=O)OC(C)(C)C)C(=O)O)cc1C. The van der Waals surface area contributed by atoms with Crippen molar-refractivity contribution in [1.82, 2.24) is 5.32 Å². The number of nitrogens with one attached hydrogen (secondary N) is 1. The van der Waals surface area contributed by atoms with Crippen molar-refractivity contribution in [3.8, 4) is 5.75 Å². The fraction of sp³-hybridized carbons (Fsp3) is 0.438. The molecule has 0 unspecified atom stereocenters. The standard InChI is InChI=1S/C16H19N3O7/c1-9-6-13(12(19(23)24)7-10(9)17-5)25-8-11(14(20)21)18-15(22)26-16(2,3)4/h6-7,11H,8H2,1-4H3,(H,18,22)(H,20,21)/t11-/m0/s1. The lowest BCUT2D eigenvalue weighted by Gasteiger charge is -2.22. The first-order valence-electron chi connectivity index (χ1n) is 7.46. The second kappa shape index (κ2) is 8.15. The zero-order valence-electron chi connectivity index (χ0n) is 14.7. The van der Waals surface area contributed by atoms with Gasteiger partial charge in [-0.1, -0.05) is 0 Å². The van der Waals surface area contributed by atoms with Crippen LogP contribution in [0.5, 0.6) is 5.75 Å². The van der Waals surface area contributed by atoms with Gasteiger partial charge in [0.2, 0.25) is 0 Å². The van der Waals surface area contributed by atoms with Gasteiger partial charge >= 0.3 is 17.7 Å². The molecule has 0 aliphatic heterocycles. The maximum absolute atomic E-state index is 11.7. The third kappa shape index (κ3) is 5.94. The molecule has 1 amide bonds. The highest BCUT2D eigenvalue weighted by Crippen LogP contribution is 2.34. The average molecular weight is 365 g/mol. The number of amides is 1. The number of carbonyl (C=O) groups excluding carboxylic acids is 1. The first-order chi connectivity index (χ1) is 11.9. The van der Waals surface area contributed by atoms with Crippen LogP contribution in [0.4, 0.5) is 16.2 Å². The van der Waals surface area contributed by atoms with Crippen molar-refractivity contribution >= 4 is 23.4 Å². The van der Waals surface area contributed by atoms with Crippen LogP contribution in [-0.4, -0.2) is 40.3 Å². The number of nitro benzene ring substituents is 1. The van der Waals surface area contributed by atoms with Crippen LogP contribution in [-0.2, 0) is 9.53 Å². The van der Waals surface area contributed by atoms with Gasteiger partial charge in [-0.2, -0.15) is 0 Å². The quantitative estimate of drug-likeness (QED) is 0.450. The van der Waals surface area contributed by atoms with E-state index < -0.39 is 40.9 Å². The van der Waals surface area contributed by atoms with E-state index in [0.29, 0.717) is 5.56 Å². The smallest absolute Gasteiger partial charge is 0.408 e. The number of benzene rings is 1. The van der Waals surface area contributed by atoms with Gasteiger partial charge in [0.05, 0.1) is 11.5 Å². The predicted molar refractivity (Wildman–Crippen MR) is 90.4 cm³/mol. The number of hydrogen-bond donors (Lipinski definition) is 2. The number of nitro groups is 1. The molecule has 140 valence electrons. The first-order valence-corrected chi connectivity index (χ1v) is 7.46. The molecule has 1 atom stereocenters. The summed E-state index contributed by atoms with van der Waals surface area (Å²) in [6.45, 7) is 12.8. The molecule has 0 heterocycles. The highest BCUT2D eigenvalue weighted by Gasteiger charge is 2.26. The Balaban J connectivity index is 2.95. The largest absolute Gasteiger partial charge is 0.484 e. The number of carbonyl (C=O) groups is 2. The van der Waals surface area contributed by atoms with Crippen molar-refractivity contribution in [2.24, 2.45) is 0 Å². The van der Waals surface area contributed by atoms with Crippen LogP contribution in [0.2, 0.25) is 0 Å². The van der Waals surface area contributed by atoms with Gasteiger partial charge in [-0.05, 0) is 39.3 Å². The molecule has 0 spiro atoms. The van der Waals surface area contributed by atoms with E-state index >= 15 is 0 Å². The Hall–Kier alpha value is -3.35. The number of aryl methyl sites for hydroxylation is 1. The summed E-state index contributed by atoms with van der Waals surface area (Å²) in [6, 6.07) is 0.845. The van der Waals surface area contributed by atoms with E-state index in [1.165, 1.54) is 6.07 Å². The molecule has 0 aromatic heterocycles. The molecule has 0 aliphatic carbocycles. The zero-order valence-corrected chi connectivity index (χ0v) is 14.7. The lowest BCUT2D eigenvalue weighted by molar-refractivity contribution is -0.385. The fourth-order valence-electron chi connectivity index (χ4n) is 1.84. The Labute approximate surface area is 149 Å². The molecule has 1 aromatic carbocycles. The summed E-state index contributed by atoms with van der Waals surface area (Å²) in [6.07, 6.45) is -0.956. The molecule has 26 heavy (non-hydrogen) atoms. The minimum atomic E-state index is -1.48. The molecular formula is C16H19N3O7. The van der Waals surface area contributed by atoms with E-state index in [4.69, 9.17) is 16.0 Å². The summed E-state index contributed by atoms with van der Waals surface area (Å²) in [5.74, 6) is -1.59. The second-order valence-corrected chi connectivity index (χ2v) is 6.32. The van der Waals surface area contributed by atoms with Gasteiger partial charge in [-0.25, -0.2) is 14.4 Å². The maximum Gasteiger partial charge on any atom is 0.408 e. The van der Waals surface area contributed by atoms with Gasteiger partial charge in [0.15, 0.2) is 17.5 Å². The van der Waals surface area contributed by atoms with Crippen LogP contribution >= 0.6 is 0 Å². The van der Waals surface area contributed by atoms with Gasteiger partial charge in [0.25, 0.3) is 0 Å². The predicted octanol–water partition coefficient (Wildman–Crippen LogP) is 2.81. The van der Waals surface area contributed by atoms with Gasteiger partial charge in [-0.15, -0.1) is 0 Å². The third-order valence-electron chi connectivity index (χ3n) is 2.99. The van der Waals surface area contributed by atoms with Crippen LogP contribution in [0.1, 0.15) is 26.3 Å². The number of nitrogens with zero attached hydrogens (tertiary/aromatic N) is 2. The number of carboxylic acids is 1. The lowest BCUT2D eigenvalue weighted by atomic mass is 10.1. The second-order valence-electron chi connectivity index (χ2n) is 6.32. The van der Waals surface area contributed by atoms with E-state index in [1.807, 2.05) is 0 Å². The van der Waals surface area contributed by atoms with Crippen LogP contribution < -0.4 is 10.1 Å². The first kappa shape index (κ1) is 20.7. The molecule has 10 nitrogen and oxygen atoms in total. The molecule has 0 aliphatic rings. The molecule has 0 saturated carbocycles. The van der Waals surface area contributed by atoms with Gasteiger partial charge in [0, 0.05) is 6.07 Å². The molecule has 0 saturated heterocycles. The summed E-state index contributed by atoms with van der Waals surface area (Å²) >= 11 is 0. The average Bonchev–Trinajstić information content (AvgIpc) is 2.48. The molecule has 1 aromatic rings. The van der Waals surface area contributed by atoms with Crippen molar-refractivity contribution in [3.63, 3.8) is 0 Å². The minimum absolute atomic E-state index is 0.0886. The number of carboxylic acid groups (broad SMARTS) is 1. The number of aliphatic carboxylic acids is 1. The highest BCUT2D eigenvalue weighted by atomic mass is 16.6. The van der Waals surface area contributed by atoms with Gasteiger partial charge < -0.3 is 19.9 Å². The molecule has 2 N–H and O–H groups in total. The summed E-state index contributed by atoms with van der Waals surface area (Å²) in [5.41, 5.74) is -0.763. The normalized spacial score (nSPS) is 11.8. The van der Waals surface area contributed by atoms with Crippen molar-refractivity contribution in [2.45, 2.75) is 39.3 Å². The van der Waals surface area contributed by atoms with Crippen LogP contribution in [0.3, 0.4) is 0 Å². The van der Waals surface area contributed by atoms with Crippen LogP contribution in [0.25, 0.3) is 4.85 Å². The Bertz CT molecular complexity index is 762. The number of hydrogen-bond acceptors (Lipinski definition) is 6. The van der Waals surface area contributed by atoms with E-state index in [9.17, 15) is 24.8 Å². The van der Waals surface area contributed by atoms with E-state index in [0.717, 1.165) is 6.07 Å². The van der Waals surface area contributed by atoms with Gasteiger partial charge in [-0.3, -0.25) is 10.1 Å². The maximum atomic E-state index is 11.7. The summed E-state index contributed by atoms with van der Waals surface area (Å²) in [5, 5.41) is 22.4. The lowest BCUT2D eigenvalue weighted by Crippen LogP contribution is -2.46. The Kier molecular flexibility index (Phi) is 6.49. The van der Waals surface area contributed by atoms with Crippen molar-refractivity contribution < 1.29 is 29.1 Å². The monoisotopic (exact) mass is 365 g/mol. The number of rotatable bonds is 6. The number of ether oxygens (including phenoxy) is 2.